The Morgan fingerprint density at radius 2 is 2.17 bits per heavy atom. The van der Waals surface area contributed by atoms with Crippen molar-refractivity contribution >= 4 is 16.3 Å². The number of rotatable bonds is 3. The van der Waals surface area contributed by atoms with E-state index in [0.717, 1.165) is 27.6 Å². The lowest BCUT2D eigenvalue weighted by molar-refractivity contribution is 0.412. The van der Waals surface area contributed by atoms with Crippen molar-refractivity contribution in [3.8, 4) is 17.0 Å². The third-order valence-electron chi connectivity index (χ3n) is 3.26. The van der Waals surface area contributed by atoms with Crippen molar-refractivity contribution in [2.24, 2.45) is 0 Å². The summed E-state index contributed by atoms with van der Waals surface area (Å²) in [6.07, 6.45) is 2.52. The van der Waals surface area contributed by atoms with Crippen LogP contribution in [0.1, 0.15) is 29.3 Å². The van der Waals surface area contributed by atoms with Gasteiger partial charge in [-0.2, -0.15) is 0 Å². The Balaban J connectivity index is 2.00. The maximum absolute atomic E-state index is 6.08. The molecule has 0 amide bonds. The van der Waals surface area contributed by atoms with Gasteiger partial charge in [-0.05, 0) is 43.5 Å². The number of hydrogen-bond donors (Lipinski definition) is 1. The number of thiazole rings is 1. The van der Waals surface area contributed by atoms with Crippen molar-refractivity contribution in [1.82, 2.24) is 4.98 Å². The van der Waals surface area contributed by atoms with Crippen LogP contribution in [0, 0.1) is 6.92 Å². The number of anilines is 1. The first-order valence-electron chi connectivity index (χ1n) is 6.10. The molecule has 0 spiro atoms. The first-order valence-corrected chi connectivity index (χ1v) is 6.92. The van der Waals surface area contributed by atoms with Gasteiger partial charge in [0.05, 0.1) is 12.1 Å². The molecule has 2 aromatic rings. The molecule has 3 rings (SSSR count). The van der Waals surface area contributed by atoms with E-state index >= 15 is 0 Å². The Morgan fingerprint density at radius 3 is 2.78 bits per heavy atom. The van der Waals surface area contributed by atoms with Crippen LogP contribution in [0.4, 0.5) is 5.00 Å². The van der Waals surface area contributed by atoms with Crippen LogP contribution in [0.15, 0.2) is 18.2 Å². The van der Waals surface area contributed by atoms with Gasteiger partial charge in [-0.3, -0.25) is 0 Å². The van der Waals surface area contributed by atoms with Crippen LogP contribution in [-0.4, -0.2) is 12.1 Å². The fourth-order valence-electron chi connectivity index (χ4n) is 2.09. The van der Waals surface area contributed by atoms with Crippen molar-refractivity contribution in [2.75, 3.05) is 12.8 Å². The molecule has 3 nitrogen and oxygen atoms in total. The highest BCUT2D eigenvalue weighted by Crippen LogP contribution is 2.45. The van der Waals surface area contributed by atoms with Crippen LogP contribution in [0.5, 0.6) is 5.75 Å². The summed E-state index contributed by atoms with van der Waals surface area (Å²) in [6.45, 7) is 2.03. The highest BCUT2D eigenvalue weighted by molar-refractivity contribution is 7.16. The molecule has 0 aliphatic heterocycles. The summed E-state index contributed by atoms with van der Waals surface area (Å²) < 4.78 is 5.27. The molecule has 0 saturated heterocycles. The van der Waals surface area contributed by atoms with Crippen LogP contribution < -0.4 is 10.5 Å². The lowest BCUT2D eigenvalue weighted by atomic mass is 10.1. The number of nitrogen functional groups attached to an aromatic ring is 1. The molecular weight excluding hydrogens is 244 g/mol. The molecule has 1 saturated carbocycles. The number of ether oxygens (including phenoxy) is 1. The molecule has 1 aromatic heterocycles. The molecule has 94 valence electrons. The molecule has 0 bridgehead atoms. The van der Waals surface area contributed by atoms with Gasteiger partial charge in [-0.25, -0.2) is 4.98 Å². The summed E-state index contributed by atoms with van der Waals surface area (Å²) in [6, 6.07) is 6.08. The van der Waals surface area contributed by atoms with E-state index in [2.05, 4.69) is 6.07 Å². The fraction of sp³-hybridized carbons (Fsp3) is 0.357. The Bertz CT molecular complexity index is 587. The van der Waals surface area contributed by atoms with E-state index in [9.17, 15) is 0 Å². The number of aromatic nitrogens is 1. The fourth-order valence-corrected chi connectivity index (χ4v) is 3.11. The second-order valence-electron chi connectivity index (χ2n) is 4.72. The van der Waals surface area contributed by atoms with E-state index in [-0.39, 0.29) is 0 Å². The molecule has 1 aliphatic rings. The minimum atomic E-state index is 0.658. The topological polar surface area (TPSA) is 48.1 Å². The molecule has 1 heterocycles. The van der Waals surface area contributed by atoms with E-state index in [4.69, 9.17) is 15.5 Å². The molecule has 1 aromatic carbocycles. The Labute approximate surface area is 111 Å². The summed E-state index contributed by atoms with van der Waals surface area (Å²) in [5, 5.41) is 2.01. The van der Waals surface area contributed by atoms with Crippen molar-refractivity contribution in [2.45, 2.75) is 25.7 Å². The predicted octanol–water partition coefficient (Wildman–Crippen LogP) is 3.59. The zero-order valence-corrected chi connectivity index (χ0v) is 11.4. The van der Waals surface area contributed by atoms with E-state index in [0.29, 0.717) is 5.92 Å². The van der Waals surface area contributed by atoms with Crippen molar-refractivity contribution in [1.29, 1.82) is 0 Å². The average Bonchev–Trinajstić information content (AvgIpc) is 3.13. The average molecular weight is 260 g/mol. The first-order chi connectivity index (χ1) is 8.69. The van der Waals surface area contributed by atoms with Crippen LogP contribution in [0.3, 0.4) is 0 Å². The largest absolute Gasteiger partial charge is 0.496 e. The Kier molecular flexibility index (Phi) is 2.74. The lowest BCUT2D eigenvalue weighted by Crippen LogP contribution is -1.90. The van der Waals surface area contributed by atoms with E-state index in [1.54, 1.807) is 18.4 Å². The van der Waals surface area contributed by atoms with Crippen molar-refractivity contribution in [3.63, 3.8) is 0 Å². The van der Waals surface area contributed by atoms with Crippen molar-refractivity contribution in [3.05, 3.63) is 28.8 Å². The quantitative estimate of drug-likeness (QED) is 0.917. The van der Waals surface area contributed by atoms with E-state index < -0.39 is 0 Å². The highest BCUT2D eigenvalue weighted by Gasteiger charge is 2.28. The third kappa shape index (κ3) is 1.97. The Morgan fingerprint density at radius 1 is 1.39 bits per heavy atom. The monoisotopic (exact) mass is 260 g/mol. The second kappa shape index (κ2) is 4.28. The lowest BCUT2D eigenvalue weighted by Gasteiger charge is -2.06. The SMILES string of the molecule is COc1ccc(-c2nc(C3CC3)sc2N)cc1C. The maximum atomic E-state index is 6.08. The smallest absolute Gasteiger partial charge is 0.121 e. The van der Waals surface area contributed by atoms with E-state index in [1.165, 1.54) is 17.8 Å². The molecule has 0 radical (unpaired) electrons. The molecule has 1 aliphatic carbocycles. The Hall–Kier alpha value is -1.55. The molecule has 4 heteroatoms. The van der Waals surface area contributed by atoms with Gasteiger partial charge in [0, 0.05) is 11.5 Å². The van der Waals surface area contributed by atoms with Gasteiger partial charge in [-0.15, -0.1) is 11.3 Å². The summed E-state index contributed by atoms with van der Waals surface area (Å²) in [5.74, 6) is 1.56. The maximum Gasteiger partial charge on any atom is 0.121 e. The number of nitrogens with zero attached hydrogens (tertiary/aromatic N) is 1. The van der Waals surface area contributed by atoms with Gasteiger partial charge < -0.3 is 10.5 Å². The highest BCUT2D eigenvalue weighted by atomic mass is 32.1. The summed E-state index contributed by atoms with van der Waals surface area (Å²) in [4.78, 5) is 4.69. The van der Waals surface area contributed by atoms with E-state index in [1.807, 2.05) is 19.1 Å². The van der Waals surface area contributed by atoms with Crippen LogP contribution >= 0.6 is 11.3 Å². The van der Waals surface area contributed by atoms with Crippen molar-refractivity contribution < 1.29 is 4.74 Å². The molecule has 2 N–H and O–H groups in total. The van der Waals surface area contributed by atoms with Gasteiger partial charge in [0.1, 0.15) is 16.4 Å². The molecule has 0 unspecified atom stereocenters. The van der Waals surface area contributed by atoms with Gasteiger partial charge in [0.2, 0.25) is 0 Å². The van der Waals surface area contributed by atoms with Gasteiger partial charge in [0.25, 0.3) is 0 Å². The van der Waals surface area contributed by atoms with Gasteiger partial charge >= 0.3 is 0 Å². The van der Waals surface area contributed by atoms with Crippen LogP contribution in [-0.2, 0) is 0 Å². The second-order valence-corrected chi connectivity index (χ2v) is 5.79. The van der Waals surface area contributed by atoms with Gasteiger partial charge in [0.15, 0.2) is 0 Å². The molecule has 1 fully saturated rings. The minimum Gasteiger partial charge on any atom is -0.496 e. The molecular formula is C14H16N2OS. The summed E-state index contributed by atoms with van der Waals surface area (Å²) >= 11 is 1.63. The standard InChI is InChI=1S/C14H16N2OS/c1-8-7-10(5-6-11(8)17-2)12-13(15)18-14(16-12)9-3-4-9/h5-7,9H,3-4,15H2,1-2H3. The zero-order valence-electron chi connectivity index (χ0n) is 10.6. The number of methoxy groups -OCH3 is 1. The van der Waals surface area contributed by atoms with Gasteiger partial charge in [-0.1, -0.05) is 0 Å². The third-order valence-corrected chi connectivity index (χ3v) is 4.31. The van der Waals surface area contributed by atoms with Crippen LogP contribution in [0.2, 0.25) is 0 Å². The number of nitrogens with two attached hydrogens (primary N) is 1. The number of benzene rings is 1. The zero-order chi connectivity index (χ0) is 12.7. The number of aryl methyl sites for hydroxylation is 1. The normalized spacial score (nSPS) is 14.8. The predicted molar refractivity (Wildman–Crippen MR) is 75.2 cm³/mol. The van der Waals surface area contributed by atoms with Crippen LogP contribution in [0.25, 0.3) is 11.3 Å². The first kappa shape index (κ1) is 11.5. The molecule has 18 heavy (non-hydrogen) atoms. The minimum absolute atomic E-state index is 0.658. The molecule has 0 atom stereocenters. The number of hydrogen-bond acceptors (Lipinski definition) is 4. The summed E-state index contributed by atoms with van der Waals surface area (Å²) in [7, 11) is 1.68. The summed E-state index contributed by atoms with van der Waals surface area (Å²) in [5.41, 5.74) is 9.19.